The molecule has 2 amide bonds. The Hall–Kier alpha value is -1.37. The summed E-state index contributed by atoms with van der Waals surface area (Å²) in [4.78, 5) is 19.0. The first kappa shape index (κ1) is 18.4. The zero-order valence-electron chi connectivity index (χ0n) is 14.7. The van der Waals surface area contributed by atoms with Crippen LogP contribution in [0, 0.1) is 11.7 Å². The summed E-state index contributed by atoms with van der Waals surface area (Å²) in [5, 5.41) is 2.80. The first-order chi connectivity index (χ1) is 12.0. The van der Waals surface area contributed by atoms with Gasteiger partial charge in [0.25, 0.3) is 0 Å². The Kier molecular flexibility index (Phi) is 6.15. The number of nitrogens with zero attached hydrogens (tertiary/aromatic N) is 3. The maximum atomic E-state index is 13.5. The van der Waals surface area contributed by atoms with Crippen LogP contribution in [0.4, 0.5) is 14.9 Å². The average molecular weight is 369 g/mol. The van der Waals surface area contributed by atoms with E-state index in [1.54, 1.807) is 11.0 Å². The van der Waals surface area contributed by atoms with Crippen molar-refractivity contribution in [2.45, 2.75) is 12.8 Å². The van der Waals surface area contributed by atoms with Gasteiger partial charge in [0.15, 0.2) is 0 Å². The Morgan fingerprint density at radius 2 is 2.04 bits per heavy atom. The molecule has 2 saturated heterocycles. The fraction of sp³-hybridized carbons (Fsp3) is 0.611. The third-order valence-electron chi connectivity index (χ3n) is 5.07. The fourth-order valence-corrected chi connectivity index (χ4v) is 3.81. The lowest BCUT2D eigenvalue weighted by Crippen LogP contribution is -2.51. The summed E-state index contributed by atoms with van der Waals surface area (Å²) < 4.78 is 13.5. The van der Waals surface area contributed by atoms with E-state index in [-0.39, 0.29) is 11.1 Å². The Morgan fingerprint density at radius 3 is 2.72 bits per heavy atom. The van der Waals surface area contributed by atoms with Crippen LogP contribution in [0.15, 0.2) is 18.2 Å². The van der Waals surface area contributed by atoms with E-state index >= 15 is 0 Å². The molecule has 0 aliphatic carbocycles. The minimum absolute atomic E-state index is 0.0555. The second-order valence-electron chi connectivity index (χ2n) is 7.12. The largest absolute Gasteiger partial charge is 0.322 e. The Bertz CT molecular complexity index is 607. The van der Waals surface area contributed by atoms with Crippen molar-refractivity contribution in [1.29, 1.82) is 0 Å². The van der Waals surface area contributed by atoms with E-state index in [4.69, 9.17) is 11.6 Å². The number of benzene rings is 1. The maximum absolute atomic E-state index is 13.5. The second-order valence-corrected chi connectivity index (χ2v) is 7.52. The molecule has 3 rings (SSSR count). The molecule has 2 fully saturated rings. The van der Waals surface area contributed by atoms with Crippen LogP contribution in [0.25, 0.3) is 0 Å². The lowest BCUT2D eigenvalue weighted by Gasteiger charge is -2.38. The predicted octanol–water partition coefficient (Wildman–Crippen LogP) is 2.97. The number of carbonyl (C=O) groups is 1. The van der Waals surface area contributed by atoms with Crippen molar-refractivity contribution in [3.63, 3.8) is 0 Å². The number of halogens is 2. The van der Waals surface area contributed by atoms with Crippen molar-refractivity contribution in [3.8, 4) is 0 Å². The topological polar surface area (TPSA) is 38.8 Å². The number of piperazine rings is 1. The third kappa shape index (κ3) is 5.06. The number of piperidine rings is 1. The number of rotatable bonds is 3. The number of likely N-dealkylation sites (tertiary alicyclic amines) is 1. The molecule has 1 aromatic rings. The average Bonchev–Trinajstić information content (AvgIpc) is 2.59. The molecule has 0 radical (unpaired) electrons. The molecule has 1 aromatic carbocycles. The van der Waals surface area contributed by atoms with Crippen LogP contribution in [0.1, 0.15) is 12.8 Å². The zero-order valence-corrected chi connectivity index (χ0v) is 15.4. The zero-order chi connectivity index (χ0) is 17.8. The fourth-order valence-electron chi connectivity index (χ4n) is 3.70. The first-order valence-corrected chi connectivity index (χ1v) is 9.31. The van der Waals surface area contributed by atoms with Gasteiger partial charge in [-0.15, -0.1) is 0 Å². The predicted molar refractivity (Wildman–Crippen MR) is 98.7 cm³/mol. The Labute approximate surface area is 153 Å². The van der Waals surface area contributed by atoms with Gasteiger partial charge >= 0.3 is 6.03 Å². The van der Waals surface area contributed by atoms with Crippen molar-refractivity contribution in [2.75, 3.05) is 58.2 Å². The van der Waals surface area contributed by atoms with Crippen LogP contribution >= 0.6 is 11.6 Å². The molecule has 0 saturated carbocycles. The van der Waals surface area contributed by atoms with E-state index in [2.05, 4.69) is 22.2 Å². The van der Waals surface area contributed by atoms with Gasteiger partial charge in [0.1, 0.15) is 5.82 Å². The molecule has 0 bridgehead atoms. The lowest BCUT2D eigenvalue weighted by molar-refractivity contribution is 0.109. The minimum Gasteiger partial charge on any atom is -0.322 e. The quantitative estimate of drug-likeness (QED) is 0.891. The van der Waals surface area contributed by atoms with Gasteiger partial charge in [-0.1, -0.05) is 11.6 Å². The summed E-state index contributed by atoms with van der Waals surface area (Å²) in [7, 11) is 2.19. The Balaban J connectivity index is 1.45. The summed E-state index contributed by atoms with van der Waals surface area (Å²) in [5.41, 5.74) is 0.430. The number of nitrogens with one attached hydrogen (secondary N) is 1. The van der Waals surface area contributed by atoms with Crippen molar-refractivity contribution in [2.24, 2.45) is 5.92 Å². The highest BCUT2D eigenvalue weighted by atomic mass is 35.5. The molecule has 25 heavy (non-hydrogen) atoms. The van der Waals surface area contributed by atoms with E-state index < -0.39 is 5.82 Å². The number of hydrogen-bond acceptors (Lipinski definition) is 3. The highest BCUT2D eigenvalue weighted by molar-refractivity contribution is 6.30. The summed E-state index contributed by atoms with van der Waals surface area (Å²) >= 11 is 5.66. The first-order valence-electron chi connectivity index (χ1n) is 8.93. The van der Waals surface area contributed by atoms with Gasteiger partial charge in [-0.2, -0.15) is 0 Å². The van der Waals surface area contributed by atoms with Gasteiger partial charge in [0.2, 0.25) is 0 Å². The molecule has 2 aliphatic heterocycles. The third-order valence-corrected chi connectivity index (χ3v) is 5.38. The van der Waals surface area contributed by atoms with Gasteiger partial charge in [-0.25, -0.2) is 9.18 Å². The van der Waals surface area contributed by atoms with Gasteiger partial charge in [-0.05, 0) is 50.6 Å². The minimum atomic E-state index is -0.526. The molecule has 138 valence electrons. The number of carbonyl (C=O) groups excluding carboxylic acids is 1. The molecule has 2 heterocycles. The summed E-state index contributed by atoms with van der Waals surface area (Å²) in [6, 6.07) is 4.12. The SMILES string of the molecule is CN1CCCC(CN2CCN(C(=O)Nc3ccc(Cl)c(F)c3)CC2)C1. The molecular formula is C18H26ClFN4O. The molecular weight excluding hydrogens is 343 g/mol. The number of hydrogen-bond donors (Lipinski definition) is 1. The van der Waals surface area contributed by atoms with Crippen LogP contribution in [-0.4, -0.2) is 73.6 Å². The van der Waals surface area contributed by atoms with E-state index in [0.29, 0.717) is 18.8 Å². The summed E-state index contributed by atoms with van der Waals surface area (Å²) in [6.45, 7) is 6.67. The van der Waals surface area contributed by atoms with Gasteiger partial charge in [-0.3, -0.25) is 4.90 Å². The molecule has 5 nitrogen and oxygen atoms in total. The highest BCUT2D eigenvalue weighted by Crippen LogP contribution is 2.20. The van der Waals surface area contributed by atoms with E-state index in [0.717, 1.165) is 25.6 Å². The second kappa shape index (κ2) is 8.34. The van der Waals surface area contributed by atoms with Gasteiger partial charge < -0.3 is 15.1 Å². The van der Waals surface area contributed by atoms with Crippen molar-refractivity contribution >= 4 is 23.3 Å². The normalized spacial score (nSPS) is 22.8. The van der Waals surface area contributed by atoms with Gasteiger partial charge in [0, 0.05) is 45.0 Å². The number of urea groups is 1. The van der Waals surface area contributed by atoms with E-state index in [1.165, 1.54) is 38.1 Å². The highest BCUT2D eigenvalue weighted by Gasteiger charge is 2.25. The summed E-state index contributed by atoms with van der Waals surface area (Å²) in [5.74, 6) is 0.206. The van der Waals surface area contributed by atoms with Crippen molar-refractivity contribution in [3.05, 3.63) is 29.0 Å². The van der Waals surface area contributed by atoms with E-state index in [9.17, 15) is 9.18 Å². The van der Waals surface area contributed by atoms with Crippen LogP contribution in [-0.2, 0) is 0 Å². The molecule has 7 heteroatoms. The number of anilines is 1. The lowest BCUT2D eigenvalue weighted by atomic mass is 9.97. The molecule has 0 spiro atoms. The molecule has 0 aromatic heterocycles. The molecule has 1 unspecified atom stereocenters. The smallest absolute Gasteiger partial charge is 0.321 e. The maximum Gasteiger partial charge on any atom is 0.321 e. The van der Waals surface area contributed by atoms with E-state index in [1.807, 2.05) is 0 Å². The van der Waals surface area contributed by atoms with Crippen LogP contribution in [0.5, 0.6) is 0 Å². The van der Waals surface area contributed by atoms with Gasteiger partial charge in [0.05, 0.1) is 5.02 Å². The number of amides is 2. The van der Waals surface area contributed by atoms with Crippen LogP contribution in [0.2, 0.25) is 5.02 Å². The molecule has 2 aliphatic rings. The van der Waals surface area contributed by atoms with Crippen molar-refractivity contribution in [1.82, 2.24) is 14.7 Å². The summed E-state index contributed by atoms with van der Waals surface area (Å²) in [6.07, 6.45) is 2.58. The van der Waals surface area contributed by atoms with Crippen LogP contribution < -0.4 is 5.32 Å². The Morgan fingerprint density at radius 1 is 1.28 bits per heavy atom. The standard InChI is InChI=1S/C18H26ClFN4O/c1-22-6-2-3-14(12-22)13-23-7-9-24(10-8-23)18(25)21-15-4-5-16(19)17(20)11-15/h4-5,11,14H,2-3,6-10,12-13H2,1H3,(H,21,25). The van der Waals surface area contributed by atoms with Crippen LogP contribution in [0.3, 0.4) is 0 Å². The molecule has 1 N–H and O–H groups in total. The molecule has 1 atom stereocenters. The monoisotopic (exact) mass is 368 g/mol. The van der Waals surface area contributed by atoms with Crippen molar-refractivity contribution < 1.29 is 9.18 Å².